The van der Waals surface area contributed by atoms with Gasteiger partial charge in [-0.15, -0.1) is 0 Å². The van der Waals surface area contributed by atoms with Crippen LogP contribution in [0.5, 0.6) is 0 Å². The van der Waals surface area contributed by atoms with Crippen LogP contribution in [0.15, 0.2) is 36.4 Å². The Morgan fingerprint density at radius 2 is 1.09 bits per heavy atom. The first-order chi connectivity index (χ1) is 15.3. The number of methoxy groups -OCH3 is 4. The normalized spacial score (nSPS) is 10.2. The molecule has 0 N–H and O–H groups in total. The molecular weight excluding hydrogens is 416 g/mol. The molecule has 0 radical (unpaired) electrons. The number of esters is 4. The zero-order chi connectivity index (χ0) is 23.7. The molecule has 2 aromatic rings. The molecule has 0 fully saturated rings. The molecule has 8 heteroatoms. The van der Waals surface area contributed by atoms with Gasteiger partial charge in [-0.1, -0.05) is 36.4 Å². The van der Waals surface area contributed by atoms with Gasteiger partial charge in [-0.05, 0) is 33.4 Å². The van der Waals surface area contributed by atoms with Gasteiger partial charge in [0, 0.05) is 0 Å². The summed E-state index contributed by atoms with van der Waals surface area (Å²) in [5, 5.41) is 0. The van der Waals surface area contributed by atoms with E-state index in [0.717, 1.165) is 0 Å². The molecule has 0 bridgehead atoms. The lowest BCUT2D eigenvalue weighted by molar-refractivity contribution is -0.141. The van der Waals surface area contributed by atoms with Crippen molar-refractivity contribution in [3.8, 4) is 11.1 Å². The zero-order valence-electron chi connectivity index (χ0n) is 18.6. The second-order valence-electron chi connectivity index (χ2n) is 6.94. The van der Waals surface area contributed by atoms with Crippen molar-refractivity contribution < 1.29 is 38.1 Å². The van der Waals surface area contributed by atoms with Gasteiger partial charge >= 0.3 is 23.9 Å². The van der Waals surface area contributed by atoms with Crippen LogP contribution in [-0.2, 0) is 63.8 Å². The second-order valence-corrected chi connectivity index (χ2v) is 6.94. The number of hydrogen-bond donors (Lipinski definition) is 0. The first-order valence-electron chi connectivity index (χ1n) is 9.83. The van der Waals surface area contributed by atoms with Crippen LogP contribution < -0.4 is 0 Å². The van der Waals surface area contributed by atoms with Crippen molar-refractivity contribution >= 4 is 23.9 Å². The van der Waals surface area contributed by atoms with Crippen LogP contribution >= 0.6 is 0 Å². The fourth-order valence-corrected chi connectivity index (χ4v) is 3.31. The van der Waals surface area contributed by atoms with Crippen LogP contribution in [0.25, 0.3) is 11.1 Å². The standard InChI is InChI=1S/C24H26O8/c1-29-21(25)11-15-8-9-17(10-18(15)13-23(27)31-3)19-7-5-6-16(12-22(26)30-2)20(19)14-24(28)32-4/h5-10H,11-14H2,1-4H3. The van der Waals surface area contributed by atoms with Crippen molar-refractivity contribution in [3.05, 3.63) is 58.7 Å². The Kier molecular flexibility index (Phi) is 8.95. The van der Waals surface area contributed by atoms with Gasteiger partial charge in [0.05, 0.1) is 54.1 Å². The lowest BCUT2D eigenvalue weighted by Crippen LogP contribution is -2.13. The first kappa shape index (κ1) is 24.6. The molecule has 2 rings (SSSR count). The van der Waals surface area contributed by atoms with Gasteiger partial charge < -0.3 is 18.9 Å². The lowest BCUT2D eigenvalue weighted by atomic mass is 9.89. The molecule has 0 saturated heterocycles. The summed E-state index contributed by atoms with van der Waals surface area (Å²) in [7, 11) is 5.17. The van der Waals surface area contributed by atoms with Gasteiger partial charge in [0.25, 0.3) is 0 Å². The summed E-state index contributed by atoms with van der Waals surface area (Å²) in [4.78, 5) is 47.7. The molecule has 0 saturated carbocycles. The van der Waals surface area contributed by atoms with Crippen LogP contribution in [0.4, 0.5) is 0 Å². The quantitative estimate of drug-likeness (QED) is 0.430. The average molecular weight is 442 g/mol. The molecule has 8 nitrogen and oxygen atoms in total. The second kappa shape index (κ2) is 11.6. The summed E-state index contributed by atoms with van der Waals surface area (Å²) in [6, 6.07) is 10.6. The SMILES string of the molecule is COC(=O)Cc1ccc(-c2cccc(CC(=O)OC)c2CC(=O)OC)cc1CC(=O)OC. The summed E-state index contributed by atoms with van der Waals surface area (Å²) >= 11 is 0. The van der Waals surface area contributed by atoms with Crippen molar-refractivity contribution in [2.24, 2.45) is 0 Å². The Bertz CT molecular complexity index is 1010. The third-order valence-electron chi connectivity index (χ3n) is 5.03. The van der Waals surface area contributed by atoms with E-state index in [2.05, 4.69) is 0 Å². The van der Waals surface area contributed by atoms with Crippen LogP contribution in [0.2, 0.25) is 0 Å². The highest BCUT2D eigenvalue weighted by molar-refractivity contribution is 5.83. The lowest BCUT2D eigenvalue weighted by Gasteiger charge is -2.16. The summed E-state index contributed by atoms with van der Waals surface area (Å²) < 4.78 is 19.1. The minimum atomic E-state index is -0.458. The van der Waals surface area contributed by atoms with E-state index in [1.165, 1.54) is 28.4 Å². The Balaban J connectivity index is 2.61. The number of carbonyl (C=O) groups is 4. The summed E-state index contributed by atoms with van der Waals surface area (Å²) in [5.41, 5.74) is 3.89. The maximum absolute atomic E-state index is 12.1. The first-order valence-corrected chi connectivity index (χ1v) is 9.83. The molecule has 170 valence electrons. The summed E-state index contributed by atoms with van der Waals surface area (Å²) in [6.07, 6.45) is -0.0906. The maximum Gasteiger partial charge on any atom is 0.310 e. The fraction of sp³-hybridized carbons (Fsp3) is 0.333. The molecule has 0 aliphatic carbocycles. The van der Waals surface area contributed by atoms with Gasteiger partial charge in [-0.3, -0.25) is 19.2 Å². The van der Waals surface area contributed by atoms with E-state index < -0.39 is 23.9 Å². The average Bonchev–Trinajstić information content (AvgIpc) is 2.80. The molecule has 0 heterocycles. The van der Waals surface area contributed by atoms with Gasteiger partial charge in [0.1, 0.15) is 0 Å². The maximum atomic E-state index is 12.1. The van der Waals surface area contributed by atoms with E-state index in [4.69, 9.17) is 18.9 Å². The largest absolute Gasteiger partial charge is 0.469 e. The highest BCUT2D eigenvalue weighted by atomic mass is 16.5. The fourth-order valence-electron chi connectivity index (χ4n) is 3.31. The van der Waals surface area contributed by atoms with E-state index in [0.29, 0.717) is 33.4 Å². The van der Waals surface area contributed by atoms with Gasteiger partial charge in [0.15, 0.2) is 0 Å². The van der Waals surface area contributed by atoms with Crippen molar-refractivity contribution in [3.63, 3.8) is 0 Å². The molecular formula is C24H26O8. The van der Waals surface area contributed by atoms with E-state index >= 15 is 0 Å². The Morgan fingerprint density at radius 3 is 1.66 bits per heavy atom. The third-order valence-corrected chi connectivity index (χ3v) is 5.03. The van der Waals surface area contributed by atoms with E-state index in [1.54, 1.807) is 30.3 Å². The Morgan fingerprint density at radius 1 is 0.594 bits per heavy atom. The van der Waals surface area contributed by atoms with Crippen LogP contribution in [0.1, 0.15) is 22.3 Å². The molecule has 2 aromatic carbocycles. The van der Waals surface area contributed by atoms with E-state index in [9.17, 15) is 19.2 Å². The summed E-state index contributed by atoms with van der Waals surface area (Å²) in [6.45, 7) is 0. The van der Waals surface area contributed by atoms with Crippen molar-refractivity contribution in [1.29, 1.82) is 0 Å². The smallest absolute Gasteiger partial charge is 0.310 e. The molecule has 0 amide bonds. The monoisotopic (exact) mass is 442 g/mol. The van der Waals surface area contributed by atoms with E-state index in [-0.39, 0.29) is 25.7 Å². The topological polar surface area (TPSA) is 105 Å². The van der Waals surface area contributed by atoms with Crippen LogP contribution in [0, 0.1) is 0 Å². The Labute approximate surface area is 186 Å². The molecule has 0 aliphatic heterocycles. The third kappa shape index (κ3) is 6.41. The van der Waals surface area contributed by atoms with Gasteiger partial charge in [0.2, 0.25) is 0 Å². The Hall–Kier alpha value is -3.68. The molecule has 0 atom stereocenters. The molecule has 0 aliphatic rings. The molecule has 0 unspecified atom stereocenters. The molecule has 32 heavy (non-hydrogen) atoms. The molecule has 0 aromatic heterocycles. The zero-order valence-corrected chi connectivity index (χ0v) is 18.6. The van der Waals surface area contributed by atoms with Crippen molar-refractivity contribution in [2.75, 3.05) is 28.4 Å². The highest BCUT2D eigenvalue weighted by Gasteiger charge is 2.19. The van der Waals surface area contributed by atoms with Crippen LogP contribution in [0.3, 0.4) is 0 Å². The molecule has 0 spiro atoms. The van der Waals surface area contributed by atoms with Gasteiger partial charge in [-0.2, -0.15) is 0 Å². The highest BCUT2D eigenvalue weighted by Crippen LogP contribution is 2.30. The van der Waals surface area contributed by atoms with Gasteiger partial charge in [-0.25, -0.2) is 0 Å². The number of hydrogen-bond acceptors (Lipinski definition) is 8. The minimum absolute atomic E-state index is 0.000502. The minimum Gasteiger partial charge on any atom is -0.469 e. The number of ether oxygens (including phenoxy) is 4. The van der Waals surface area contributed by atoms with Crippen molar-refractivity contribution in [1.82, 2.24) is 0 Å². The predicted octanol–water partition coefficient (Wildman–Crippen LogP) is 2.22. The van der Waals surface area contributed by atoms with Crippen LogP contribution in [-0.4, -0.2) is 52.3 Å². The van der Waals surface area contributed by atoms with E-state index in [1.807, 2.05) is 6.07 Å². The number of benzene rings is 2. The number of carbonyl (C=O) groups excluding carboxylic acids is 4. The predicted molar refractivity (Wildman–Crippen MR) is 115 cm³/mol. The van der Waals surface area contributed by atoms with Crippen molar-refractivity contribution in [2.45, 2.75) is 25.7 Å². The summed E-state index contributed by atoms with van der Waals surface area (Å²) in [5.74, 6) is -1.79. The number of rotatable bonds is 9.